The van der Waals surface area contributed by atoms with Gasteiger partial charge in [0.25, 0.3) is 0 Å². The maximum absolute atomic E-state index is 11.8. The molecular formula is C10H16N3O8P. The lowest BCUT2D eigenvalue weighted by Gasteiger charge is -2.17. The van der Waals surface area contributed by atoms with Crippen LogP contribution in [0.4, 0.5) is 5.82 Å². The number of aromatic nitrogens is 2. The van der Waals surface area contributed by atoms with Gasteiger partial charge in [-0.1, -0.05) is 0 Å². The van der Waals surface area contributed by atoms with Gasteiger partial charge in [-0.2, -0.15) is 4.98 Å². The Labute approximate surface area is 124 Å². The van der Waals surface area contributed by atoms with Gasteiger partial charge in [-0.15, -0.1) is 0 Å². The van der Waals surface area contributed by atoms with Crippen LogP contribution in [0.5, 0.6) is 0 Å². The average Bonchev–Trinajstić information content (AvgIpc) is 2.77. The van der Waals surface area contributed by atoms with Crippen LogP contribution in [0.2, 0.25) is 0 Å². The van der Waals surface area contributed by atoms with Gasteiger partial charge in [0.15, 0.2) is 0 Å². The Morgan fingerprint density at radius 3 is 2.82 bits per heavy atom. The molecule has 1 aromatic rings. The molecule has 0 bridgehead atoms. The van der Waals surface area contributed by atoms with E-state index in [2.05, 4.69) is 9.51 Å². The summed E-state index contributed by atoms with van der Waals surface area (Å²) in [6.07, 6.45) is -1.76. The van der Waals surface area contributed by atoms with E-state index in [1.165, 1.54) is 6.20 Å². The van der Waals surface area contributed by atoms with Crippen molar-refractivity contribution in [1.82, 2.24) is 9.55 Å². The highest BCUT2D eigenvalue weighted by molar-refractivity contribution is 7.46. The summed E-state index contributed by atoms with van der Waals surface area (Å²) in [6.45, 7) is -0.967. The molecule has 1 aliphatic heterocycles. The molecule has 0 saturated carbocycles. The average molecular weight is 337 g/mol. The van der Waals surface area contributed by atoms with Crippen molar-refractivity contribution in [3.8, 4) is 0 Å². The predicted octanol–water partition coefficient (Wildman–Crippen LogP) is -1.92. The van der Waals surface area contributed by atoms with Crippen LogP contribution >= 0.6 is 7.82 Å². The molecule has 2 rings (SSSR count). The Morgan fingerprint density at radius 2 is 2.23 bits per heavy atom. The standard InChI is InChI=1S/C10H16N3O8P/c11-9-5(3-14)2-13(10(16)12-9)8-1-6(15)7(21-8)4-20-22(17,18)19/h2,6-8,14-15H,1,3-4H2,(H2,11,12,16)(H2,17,18,19)/t6-,7+,8+/m0/s1. The minimum Gasteiger partial charge on any atom is -0.391 e. The number of hydrogen-bond acceptors (Lipinski definition) is 8. The lowest BCUT2D eigenvalue weighted by molar-refractivity contribution is -0.0451. The fraction of sp³-hybridized carbons (Fsp3) is 0.600. The SMILES string of the molecule is Nc1nc(=O)n([C@H]2C[C@H](O)[C@@H](COP(=O)(O)O)O2)cc1CO. The number of hydrogen-bond donors (Lipinski definition) is 5. The highest BCUT2D eigenvalue weighted by atomic mass is 31.2. The van der Waals surface area contributed by atoms with Gasteiger partial charge < -0.3 is 30.5 Å². The Bertz CT molecular complexity index is 644. The van der Waals surface area contributed by atoms with Crippen molar-refractivity contribution in [2.75, 3.05) is 12.3 Å². The van der Waals surface area contributed by atoms with Gasteiger partial charge in [0.1, 0.15) is 18.1 Å². The summed E-state index contributed by atoms with van der Waals surface area (Å²) in [7, 11) is -4.69. The second-order valence-corrected chi connectivity index (χ2v) is 5.96. The van der Waals surface area contributed by atoms with Gasteiger partial charge in [0, 0.05) is 18.2 Å². The molecule has 3 atom stereocenters. The van der Waals surface area contributed by atoms with Crippen molar-refractivity contribution < 1.29 is 33.8 Å². The first-order valence-electron chi connectivity index (χ1n) is 6.23. The Kier molecular flexibility index (Phi) is 4.97. The fourth-order valence-electron chi connectivity index (χ4n) is 2.06. The molecule has 1 aliphatic rings. The first-order chi connectivity index (χ1) is 10.2. The third kappa shape index (κ3) is 3.90. The summed E-state index contributed by atoms with van der Waals surface area (Å²) in [4.78, 5) is 32.6. The number of ether oxygens (including phenoxy) is 1. The van der Waals surface area contributed by atoms with Crippen molar-refractivity contribution in [2.24, 2.45) is 0 Å². The second kappa shape index (κ2) is 6.42. The van der Waals surface area contributed by atoms with Crippen molar-refractivity contribution >= 4 is 13.6 Å². The number of anilines is 1. The van der Waals surface area contributed by atoms with Crippen LogP contribution in [-0.2, 0) is 20.4 Å². The number of nitrogens with two attached hydrogens (primary N) is 1. The molecule has 0 radical (unpaired) electrons. The van der Waals surface area contributed by atoms with Gasteiger partial charge >= 0.3 is 13.5 Å². The van der Waals surface area contributed by atoms with Crippen molar-refractivity contribution in [3.05, 3.63) is 22.2 Å². The Balaban J connectivity index is 2.15. The number of rotatable bonds is 5. The Hall–Kier alpha value is -1.33. The Morgan fingerprint density at radius 1 is 1.55 bits per heavy atom. The molecule has 0 unspecified atom stereocenters. The summed E-state index contributed by atoms with van der Waals surface area (Å²) < 4.78 is 21.3. The van der Waals surface area contributed by atoms with Crippen LogP contribution in [0, 0.1) is 0 Å². The van der Waals surface area contributed by atoms with Gasteiger partial charge in [0.2, 0.25) is 0 Å². The van der Waals surface area contributed by atoms with Crippen molar-refractivity contribution in [2.45, 2.75) is 31.5 Å². The summed E-state index contributed by atoms with van der Waals surface area (Å²) in [5.74, 6) is -0.108. The van der Waals surface area contributed by atoms with Crippen LogP contribution in [0.25, 0.3) is 0 Å². The fourth-order valence-corrected chi connectivity index (χ4v) is 2.40. The van der Waals surface area contributed by atoms with E-state index in [4.69, 9.17) is 25.4 Å². The van der Waals surface area contributed by atoms with E-state index in [-0.39, 0.29) is 17.8 Å². The zero-order chi connectivity index (χ0) is 16.5. The summed E-state index contributed by atoms with van der Waals surface area (Å²) in [6, 6.07) is 0. The van der Waals surface area contributed by atoms with E-state index in [0.717, 1.165) is 4.57 Å². The normalized spacial score (nSPS) is 25.5. The van der Waals surface area contributed by atoms with E-state index in [1.807, 2.05) is 0 Å². The number of aliphatic hydroxyl groups is 2. The number of phosphoric ester groups is 1. The first kappa shape index (κ1) is 17.0. The molecule has 22 heavy (non-hydrogen) atoms. The lowest BCUT2D eigenvalue weighted by Crippen LogP contribution is -2.29. The zero-order valence-corrected chi connectivity index (χ0v) is 12.2. The maximum atomic E-state index is 11.8. The third-order valence-corrected chi connectivity index (χ3v) is 3.64. The van der Waals surface area contributed by atoms with Crippen LogP contribution in [0.1, 0.15) is 18.2 Å². The molecule has 12 heteroatoms. The van der Waals surface area contributed by atoms with Crippen LogP contribution in [-0.4, -0.2) is 48.4 Å². The predicted molar refractivity (Wildman–Crippen MR) is 71.4 cm³/mol. The topological polar surface area (TPSA) is 177 Å². The molecule has 0 aromatic carbocycles. The molecule has 11 nitrogen and oxygen atoms in total. The first-order valence-corrected chi connectivity index (χ1v) is 7.76. The second-order valence-electron chi connectivity index (χ2n) is 4.72. The van der Waals surface area contributed by atoms with E-state index in [1.54, 1.807) is 0 Å². The molecule has 1 aromatic heterocycles. The van der Waals surface area contributed by atoms with Gasteiger partial charge in [-0.05, 0) is 0 Å². The summed E-state index contributed by atoms with van der Waals surface area (Å²) in [5, 5.41) is 18.9. The minimum absolute atomic E-state index is 0.00837. The molecule has 0 amide bonds. The minimum atomic E-state index is -4.69. The van der Waals surface area contributed by atoms with E-state index < -0.39 is 45.2 Å². The zero-order valence-electron chi connectivity index (χ0n) is 11.3. The van der Waals surface area contributed by atoms with Crippen molar-refractivity contribution in [1.29, 1.82) is 0 Å². The van der Waals surface area contributed by atoms with E-state index in [9.17, 15) is 14.5 Å². The van der Waals surface area contributed by atoms with Crippen LogP contribution in [0.15, 0.2) is 11.0 Å². The van der Waals surface area contributed by atoms with Crippen LogP contribution < -0.4 is 11.4 Å². The highest BCUT2D eigenvalue weighted by Crippen LogP contribution is 2.38. The third-order valence-electron chi connectivity index (χ3n) is 3.15. The number of nitrogen functional groups attached to an aromatic ring is 1. The molecule has 1 fully saturated rings. The van der Waals surface area contributed by atoms with E-state index >= 15 is 0 Å². The molecule has 124 valence electrons. The van der Waals surface area contributed by atoms with E-state index in [0.29, 0.717) is 0 Å². The molecular weight excluding hydrogens is 321 g/mol. The maximum Gasteiger partial charge on any atom is 0.469 e. The van der Waals surface area contributed by atoms with Gasteiger partial charge in [0.05, 0.1) is 19.3 Å². The largest absolute Gasteiger partial charge is 0.469 e. The molecule has 2 heterocycles. The molecule has 0 aliphatic carbocycles. The smallest absolute Gasteiger partial charge is 0.391 e. The lowest BCUT2D eigenvalue weighted by atomic mass is 10.2. The monoisotopic (exact) mass is 337 g/mol. The molecule has 0 spiro atoms. The van der Waals surface area contributed by atoms with Crippen molar-refractivity contribution in [3.63, 3.8) is 0 Å². The summed E-state index contributed by atoms with van der Waals surface area (Å²) in [5.41, 5.74) is 4.95. The quantitative estimate of drug-likeness (QED) is 0.380. The number of aliphatic hydroxyl groups excluding tert-OH is 2. The highest BCUT2D eigenvalue weighted by Gasteiger charge is 2.37. The number of nitrogens with zero attached hydrogens (tertiary/aromatic N) is 2. The molecule has 6 N–H and O–H groups in total. The van der Waals surface area contributed by atoms with Gasteiger partial charge in [-0.3, -0.25) is 9.09 Å². The molecule has 1 saturated heterocycles. The summed E-state index contributed by atoms with van der Waals surface area (Å²) >= 11 is 0. The van der Waals surface area contributed by atoms with Gasteiger partial charge in [-0.25, -0.2) is 9.36 Å². The van der Waals surface area contributed by atoms with Crippen LogP contribution in [0.3, 0.4) is 0 Å². The number of phosphoric acid groups is 1.